The van der Waals surface area contributed by atoms with Gasteiger partial charge in [0, 0.05) is 24.8 Å². The van der Waals surface area contributed by atoms with E-state index < -0.39 is 10.0 Å². The highest BCUT2D eigenvalue weighted by Gasteiger charge is 2.14. The Kier molecular flexibility index (Phi) is 6.44. The fourth-order valence-corrected chi connectivity index (χ4v) is 3.47. The van der Waals surface area contributed by atoms with Crippen LogP contribution < -0.4 is 19.8 Å². The lowest BCUT2D eigenvalue weighted by Gasteiger charge is -2.13. The minimum atomic E-state index is -3.66. The Bertz CT molecular complexity index is 902. The van der Waals surface area contributed by atoms with E-state index in [1.807, 2.05) is 13.8 Å². The maximum Gasteiger partial charge on any atom is 0.254 e. The molecule has 0 aliphatic rings. The predicted molar refractivity (Wildman–Crippen MR) is 99.4 cm³/mol. The number of rotatable bonds is 8. The van der Waals surface area contributed by atoms with Crippen LogP contribution >= 0.6 is 0 Å². The summed E-state index contributed by atoms with van der Waals surface area (Å²) in [4.78, 5) is 12.2. The molecule has 2 rings (SSSR count). The third-order valence-electron chi connectivity index (χ3n) is 3.68. The van der Waals surface area contributed by atoms with Gasteiger partial charge in [0.1, 0.15) is 11.5 Å². The van der Waals surface area contributed by atoms with Crippen LogP contribution in [0.3, 0.4) is 0 Å². The van der Waals surface area contributed by atoms with Gasteiger partial charge in [-0.05, 0) is 51.1 Å². The fraction of sp³-hybridized carbons (Fsp3) is 0.389. The van der Waals surface area contributed by atoms with Gasteiger partial charge in [0.05, 0.1) is 18.1 Å². The van der Waals surface area contributed by atoms with Gasteiger partial charge >= 0.3 is 0 Å². The van der Waals surface area contributed by atoms with E-state index in [2.05, 4.69) is 4.72 Å². The van der Waals surface area contributed by atoms with Crippen molar-refractivity contribution in [1.82, 2.24) is 9.29 Å². The number of benzene rings is 1. The number of aromatic nitrogens is 1. The minimum absolute atomic E-state index is 0.0154. The molecule has 1 N–H and O–H groups in total. The zero-order valence-corrected chi connectivity index (χ0v) is 16.2. The predicted octanol–water partition coefficient (Wildman–Crippen LogP) is 1.93. The van der Waals surface area contributed by atoms with Crippen LogP contribution in [0.1, 0.15) is 19.5 Å². The molecule has 8 heteroatoms. The number of methoxy groups -OCH3 is 1. The van der Waals surface area contributed by atoms with E-state index in [9.17, 15) is 13.2 Å². The summed E-state index contributed by atoms with van der Waals surface area (Å²) in [6, 6.07) is 9.31. The smallest absolute Gasteiger partial charge is 0.254 e. The molecule has 0 fully saturated rings. The van der Waals surface area contributed by atoms with Crippen molar-refractivity contribution in [3.8, 4) is 11.5 Å². The molecule has 0 radical (unpaired) electrons. The molecular formula is C18H24N2O5S. The zero-order valence-electron chi connectivity index (χ0n) is 15.4. The molecule has 0 saturated heterocycles. The van der Waals surface area contributed by atoms with Crippen LogP contribution in [0.15, 0.2) is 46.1 Å². The van der Waals surface area contributed by atoms with Gasteiger partial charge in [-0.25, -0.2) is 13.1 Å². The molecule has 0 spiro atoms. The second-order valence-corrected chi connectivity index (χ2v) is 7.83. The molecule has 0 atom stereocenters. The van der Waals surface area contributed by atoms with Crippen molar-refractivity contribution < 1.29 is 17.9 Å². The molecule has 7 nitrogen and oxygen atoms in total. The molecule has 1 aromatic heterocycles. The quantitative estimate of drug-likeness (QED) is 0.756. The highest BCUT2D eigenvalue weighted by molar-refractivity contribution is 7.89. The molecule has 0 aliphatic carbocycles. The molecule has 0 aliphatic heterocycles. The van der Waals surface area contributed by atoms with Crippen molar-refractivity contribution in [2.45, 2.75) is 38.3 Å². The first-order valence-electron chi connectivity index (χ1n) is 8.25. The van der Waals surface area contributed by atoms with Crippen LogP contribution in [0.4, 0.5) is 0 Å². The van der Waals surface area contributed by atoms with Gasteiger partial charge in [-0.3, -0.25) is 4.79 Å². The third-order valence-corrected chi connectivity index (χ3v) is 5.15. The van der Waals surface area contributed by atoms with Gasteiger partial charge in [0.15, 0.2) is 0 Å². The molecular weight excluding hydrogens is 356 g/mol. The summed E-state index contributed by atoms with van der Waals surface area (Å²) in [6.45, 7) is 5.89. The number of hydrogen-bond acceptors (Lipinski definition) is 5. The van der Waals surface area contributed by atoms with Crippen molar-refractivity contribution in [2.24, 2.45) is 0 Å². The molecule has 1 aromatic carbocycles. The van der Waals surface area contributed by atoms with Gasteiger partial charge < -0.3 is 14.0 Å². The van der Waals surface area contributed by atoms with Crippen molar-refractivity contribution in [1.29, 1.82) is 0 Å². The van der Waals surface area contributed by atoms with Gasteiger partial charge in [0.2, 0.25) is 10.0 Å². The number of aryl methyl sites for hydroxylation is 1. The van der Waals surface area contributed by atoms with Crippen LogP contribution in [0, 0.1) is 6.92 Å². The summed E-state index contributed by atoms with van der Waals surface area (Å²) < 4.78 is 39.3. The molecule has 142 valence electrons. The number of ether oxygens (including phenoxy) is 2. The second kappa shape index (κ2) is 8.37. The Morgan fingerprint density at radius 2 is 1.77 bits per heavy atom. The number of nitrogens with one attached hydrogen (secondary N) is 1. The Morgan fingerprint density at radius 1 is 1.12 bits per heavy atom. The molecule has 0 unspecified atom stereocenters. The minimum Gasteiger partial charge on any atom is -0.496 e. The zero-order chi connectivity index (χ0) is 19.3. The Labute approximate surface area is 153 Å². The van der Waals surface area contributed by atoms with Crippen LogP contribution in [-0.4, -0.2) is 32.7 Å². The number of nitrogens with zero attached hydrogens (tertiary/aromatic N) is 1. The van der Waals surface area contributed by atoms with E-state index in [0.717, 1.165) is 0 Å². The Balaban J connectivity index is 2.04. The van der Waals surface area contributed by atoms with Crippen molar-refractivity contribution in [3.05, 3.63) is 52.4 Å². The normalized spacial score (nSPS) is 11.6. The first-order chi connectivity index (χ1) is 12.2. The summed E-state index contributed by atoms with van der Waals surface area (Å²) in [5.74, 6) is 1.09. The van der Waals surface area contributed by atoms with E-state index >= 15 is 0 Å². The van der Waals surface area contributed by atoms with Crippen molar-refractivity contribution >= 4 is 10.0 Å². The first kappa shape index (κ1) is 20.0. The molecule has 0 amide bonds. The summed E-state index contributed by atoms with van der Waals surface area (Å²) in [7, 11) is -2.17. The standard InChI is InChI=1S/C18H24N2O5S/c1-13(2)25-15-5-7-17(8-6-15)26(22,23)19-9-10-20-14(3)11-16(24-4)12-18(20)21/h5-8,11-13,19H,9-10H2,1-4H3. The van der Waals surface area contributed by atoms with E-state index in [0.29, 0.717) is 17.2 Å². The van der Waals surface area contributed by atoms with E-state index in [4.69, 9.17) is 9.47 Å². The number of pyridine rings is 1. The van der Waals surface area contributed by atoms with E-state index in [-0.39, 0.29) is 29.6 Å². The molecule has 1 heterocycles. The summed E-state index contributed by atoms with van der Waals surface area (Å²) in [5.41, 5.74) is 0.458. The van der Waals surface area contributed by atoms with E-state index in [1.54, 1.807) is 25.1 Å². The van der Waals surface area contributed by atoms with Crippen LogP contribution in [0.5, 0.6) is 11.5 Å². The van der Waals surface area contributed by atoms with Crippen molar-refractivity contribution in [2.75, 3.05) is 13.7 Å². The van der Waals surface area contributed by atoms with Gasteiger partial charge in [0.25, 0.3) is 5.56 Å². The van der Waals surface area contributed by atoms with Crippen molar-refractivity contribution in [3.63, 3.8) is 0 Å². The fourth-order valence-electron chi connectivity index (χ4n) is 2.45. The lowest BCUT2D eigenvalue weighted by molar-refractivity contribution is 0.242. The average Bonchev–Trinajstić information content (AvgIpc) is 2.57. The average molecular weight is 380 g/mol. The second-order valence-electron chi connectivity index (χ2n) is 6.06. The first-order valence-corrected chi connectivity index (χ1v) is 9.73. The maximum atomic E-state index is 12.4. The highest BCUT2D eigenvalue weighted by Crippen LogP contribution is 2.17. The lowest BCUT2D eigenvalue weighted by Crippen LogP contribution is -2.31. The largest absolute Gasteiger partial charge is 0.496 e. The number of hydrogen-bond donors (Lipinski definition) is 1. The summed E-state index contributed by atoms with van der Waals surface area (Å²) >= 11 is 0. The van der Waals surface area contributed by atoms with Crippen LogP contribution in [0.25, 0.3) is 0 Å². The van der Waals surface area contributed by atoms with Gasteiger partial charge in [-0.1, -0.05) is 0 Å². The number of sulfonamides is 1. The summed E-state index contributed by atoms with van der Waals surface area (Å²) in [6.07, 6.45) is 0.0154. The topological polar surface area (TPSA) is 86.6 Å². The van der Waals surface area contributed by atoms with Crippen LogP contribution in [-0.2, 0) is 16.6 Å². The molecule has 0 bridgehead atoms. The Hall–Kier alpha value is -2.32. The Morgan fingerprint density at radius 3 is 2.31 bits per heavy atom. The maximum absolute atomic E-state index is 12.4. The van der Waals surface area contributed by atoms with Gasteiger partial charge in [-0.2, -0.15) is 0 Å². The molecule has 0 saturated carbocycles. The SMILES string of the molecule is COc1cc(C)n(CCNS(=O)(=O)c2ccc(OC(C)C)cc2)c(=O)c1. The summed E-state index contributed by atoms with van der Waals surface area (Å²) in [5, 5.41) is 0. The van der Waals surface area contributed by atoms with Gasteiger partial charge in [-0.15, -0.1) is 0 Å². The monoisotopic (exact) mass is 380 g/mol. The van der Waals surface area contributed by atoms with E-state index in [1.165, 1.54) is 29.9 Å². The molecule has 26 heavy (non-hydrogen) atoms. The van der Waals surface area contributed by atoms with Crippen LogP contribution in [0.2, 0.25) is 0 Å². The highest BCUT2D eigenvalue weighted by atomic mass is 32.2. The lowest BCUT2D eigenvalue weighted by atomic mass is 10.3. The molecule has 2 aromatic rings. The third kappa shape index (κ3) is 5.09.